The largest absolute Gasteiger partial charge is 0.378 e. The van der Waals surface area contributed by atoms with Crippen LogP contribution in [-0.4, -0.2) is 9.78 Å². The molecule has 1 aromatic heterocycles. The minimum Gasteiger partial charge on any atom is -0.378 e. The molecule has 0 bridgehead atoms. The first-order valence-corrected chi connectivity index (χ1v) is 6.21. The van der Waals surface area contributed by atoms with Gasteiger partial charge in [-0.15, -0.1) is 0 Å². The van der Waals surface area contributed by atoms with E-state index >= 15 is 0 Å². The number of halogens is 1. The Hall–Kier alpha value is -1.84. The van der Waals surface area contributed by atoms with Gasteiger partial charge in [0.2, 0.25) is 0 Å². The summed E-state index contributed by atoms with van der Waals surface area (Å²) in [5.41, 5.74) is 2.54. The molecule has 4 heteroatoms. The number of para-hydroxylation sites is 1. The van der Waals surface area contributed by atoms with E-state index in [1.807, 2.05) is 30.1 Å². The second kappa shape index (κ2) is 5.67. The third kappa shape index (κ3) is 2.88. The predicted octanol–water partition coefficient (Wildman–Crippen LogP) is 3.35. The molecule has 1 heterocycles. The number of nitrogens with one attached hydrogen (secondary N) is 1. The van der Waals surface area contributed by atoms with E-state index in [1.54, 1.807) is 6.07 Å². The normalized spacial score (nSPS) is 10.6. The van der Waals surface area contributed by atoms with Crippen LogP contribution in [0, 0.1) is 12.7 Å². The van der Waals surface area contributed by atoms with Crippen molar-refractivity contribution in [3.05, 3.63) is 47.5 Å². The van der Waals surface area contributed by atoms with Crippen LogP contribution in [0.5, 0.6) is 0 Å². The average molecular weight is 247 g/mol. The monoisotopic (exact) mass is 247 g/mol. The smallest absolute Gasteiger partial charge is 0.146 e. The Bertz CT molecular complexity index is 499. The van der Waals surface area contributed by atoms with Crippen LogP contribution in [-0.2, 0) is 13.1 Å². The van der Waals surface area contributed by atoms with E-state index in [-0.39, 0.29) is 5.82 Å². The van der Waals surface area contributed by atoms with Crippen LogP contribution in [0.2, 0.25) is 0 Å². The van der Waals surface area contributed by atoms with Crippen LogP contribution in [0.15, 0.2) is 30.6 Å². The summed E-state index contributed by atoms with van der Waals surface area (Å²) < 4.78 is 15.5. The van der Waals surface area contributed by atoms with Crippen molar-refractivity contribution in [2.75, 3.05) is 5.32 Å². The quantitative estimate of drug-likeness (QED) is 0.878. The minimum absolute atomic E-state index is 0.212. The second-order valence-corrected chi connectivity index (χ2v) is 4.40. The lowest BCUT2D eigenvalue weighted by atomic mass is 10.2. The van der Waals surface area contributed by atoms with Gasteiger partial charge >= 0.3 is 0 Å². The number of aromatic nitrogens is 2. The molecule has 1 N–H and O–H groups in total. The number of hydrogen-bond acceptors (Lipinski definition) is 2. The molecule has 0 saturated carbocycles. The summed E-state index contributed by atoms with van der Waals surface area (Å²) in [6.07, 6.45) is 4.87. The molecule has 0 aliphatic carbocycles. The average Bonchev–Trinajstić information content (AvgIpc) is 2.77. The molecule has 1 aromatic carbocycles. The van der Waals surface area contributed by atoms with E-state index in [0.29, 0.717) is 12.2 Å². The van der Waals surface area contributed by atoms with Gasteiger partial charge in [-0.05, 0) is 25.0 Å². The number of anilines is 1. The van der Waals surface area contributed by atoms with E-state index in [4.69, 9.17) is 0 Å². The number of benzene rings is 1. The van der Waals surface area contributed by atoms with E-state index < -0.39 is 0 Å². The van der Waals surface area contributed by atoms with E-state index in [0.717, 1.165) is 24.1 Å². The lowest BCUT2D eigenvalue weighted by Gasteiger charge is -2.09. The van der Waals surface area contributed by atoms with Gasteiger partial charge in [0.15, 0.2) is 0 Å². The minimum atomic E-state index is -0.212. The summed E-state index contributed by atoms with van der Waals surface area (Å²) in [6, 6.07) is 5.08. The van der Waals surface area contributed by atoms with Crippen LogP contribution < -0.4 is 5.32 Å². The SMILES string of the molecule is CCCn1cc(CNc2c(C)cccc2F)cn1. The van der Waals surface area contributed by atoms with Gasteiger partial charge in [0, 0.05) is 24.8 Å². The molecule has 0 aliphatic rings. The highest BCUT2D eigenvalue weighted by Crippen LogP contribution is 2.19. The number of aryl methyl sites for hydroxylation is 2. The van der Waals surface area contributed by atoms with Gasteiger partial charge < -0.3 is 5.32 Å². The van der Waals surface area contributed by atoms with Gasteiger partial charge in [-0.3, -0.25) is 4.68 Å². The molecule has 18 heavy (non-hydrogen) atoms. The van der Waals surface area contributed by atoms with Gasteiger partial charge in [-0.1, -0.05) is 19.1 Å². The summed E-state index contributed by atoms with van der Waals surface area (Å²) in [6.45, 7) is 5.51. The number of hydrogen-bond donors (Lipinski definition) is 1. The van der Waals surface area contributed by atoms with Gasteiger partial charge in [0.25, 0.3) is 0 Å². The molecule has 0 amide bonds. The Balaban J connectivity index is 2.02. The molecular weight excluding hydrogens is 229 g/mol. The van der Waals surface area contributed by atoms with Crippen LogP contribution in [0.1, 0.15) is 24.5 Å². The van der Waals surface area contributed by atoms with Gasteiger partial charge in [-0.2, -0.15) is 5.10 Å². The zero-order chi connectivity index (χ0) is 13.0. The molecule has 0 unspecified atom stereocenters. The summed E-state index contributed by atoms with van der Waals surface area (Å²) >= 11 is 0. The molecule has 0 aliphatic heterocycles. The molecule has 3 nitrogen and oxygen atoms in total. The molecule has 0 atom stereocenters. The fourth-order valence-electron chi connectivity index (χ4n) is 1.90. The second-order valence-electron chi connectivity index (χ2n) is 4.40. The van der Waals surface area contributed by atoms with E-state index in [9.17, 15) is 4.39 Å². The standard InChI is InChI=1S/C14H18FN3/c1-3-7-18-10-12(9-17-18)8-16-14-11(2)5-4-6-13(14)15/h4-6,9-10,16H,3,7-8H2,1-2H3. The topological polar surface area (TPSA) is 29.9 Å². The van der Waals surface area contributed by atoms with Crippen molar-refractivity contribution in [3.8, 4) is 0 Å². The maximum Gasteiger partial charge on any atom is 0.146 e. The Morgan fingerprint density at radius 3 is 2.94 bits per heavy atom. The Kier molecular flexibility index (Phi) is 3.97. The first kappa shape index (κ1) is 12.6. The summed E-state index contributed by atoms with van der Waals surface area (Å²) in [4.78, 5) is 0. The van der Waals surface area contributed by atoms with Crippen molar-refractivity contribution in [1.82, 2.24) is 9.78 Å². The lowest BCUT2D eigenvalue weighted by Crippen LogP contribution is -2.02. The number of rotatable bonds is 5. The lowest BCUT2D eigenvalue weighted by molar-refractivity contribution is 0.602. The first-order valence-electron chi connectivity index (χ1n) is 6.21. The Morgan fingerprint density at radius 2 is 2.22 bits per heavy atom. The first-order chi connectivity index (χ1) is 8.70. The Morgan fingerprint density at radius 1 is 1.39 bits per heavy atom. The van der Waals surface area contributed by atoms with E-state index in [2.05, 4.69) is 17.3 Å². The fourth-order valence-corrected chi connectivity index (χ4v) is 1.90. The molecule has 0 fully saturated rings. The molecule has 0 radical (unpaired) electrons. The van der Waals surface area contributed by atoms with Crippen LogP contribution in [0.25, 0.3) is 0 Å². The maximum absolute atomic E-state index is 13.6. The number of nitrogens with zero attached hydrogens (tertiary/aromatic N) is 2. The van der Waals surface area contributed by atoms with E-state index in [1.165, 1.54) is 6.07 Å². The third-order valence-electron chi connectivity index (χ3n) is 2.83. The van der Waals surface area contributed by atoms with Crippen LogP contribution in [0.4, 0.5) is 10.1 Å². The Labute approximate surface area is 107 Å². The zero-order valence-corrected chi connectivity index (χ0v) is 10.8. The van der Waals surface area contributed by atoms with Crippen molar-refractivity contribution in [2.45, 2.75) is 33.4 Å². The van der Waals surface area contributed by atoms with Crippen molar-refractivity contribution in [1.29, 1.82) is 0 Å². The van der Waals surface area contributed by atoms with Crippen molar-refractivity contribution < 1.29 is 4.39 Å². The highest BCUT2D eigenvalue weighted by Gasteiger charge is 2.05. The third-order valence-corrected chi connectivity index (χ3v) is 2.83. The summed E-state index contributed by atoms with van der Waals surface area (Å²) in [7, 11) is 0. The van der Waals surface area contributed by atoms with Crippen molar-refractivity contribution in [2.24, 2.45) is 0 Å². The van der Waals surface area contributed by atoms with Crippen LogP contribution >= 0.6 is 0 Å². The predicted molar refractivity (Wildman–Crippen MR) is 71.0 cm³/mol. The highest BCUT2D eigenvalue weighted by molar-refractivity contribution is 5.51. The summed E-state index contributed by atoms with van der Waals surface area (Å²) in [5.74, 6) is -0.212. The molecule has 96 valence electrons. The van der Waals surface area contributed by atoms with Crippen molar-refractivity contribution >= 4 is 5.69 Å². The molecule has 0 spiro atoms. The van der Waals surface area contributed by atoms with Crippen molar-refractivity contribution in [3.63, 3.8) is 0 Å². The van der Waals surface area contributed by atoms with Gasteiger partial charge in [-0.25, -0.2) is 4.39 Å². The molecule has 2 aromatic rings. The maximum atomic E-state index is 13.6. The zero-order valence-electron chi connectivity index (χ0n) is 10.8. The molecule has 2 rings (SSSR count). The fraction of sp³-hybridized carbons (Fsp3) is 0.357. The van der Waals surface area contributed by atoms with Crippen LogP contribution in [0.3, 0.4) is 0 Å². The molecule has 0 saturated heterocycles. The molecular formula is C14H18FN3. The summed E-state index contributed by atoms with van der Waals surface area (Å²) in [5, 5.41) is 7.37. The highest BCUT2D eigenvalue weighted by atomic mass is 19.1. The van der Waals surface area contributed by atoms with Gasteiger partial charge in [0.05, 0.1) is 11.9 Å². The van der Waals surface area contributed by atoms with Gasteiger partial charge in [0.1, 0.15) is 5.82 Å².